The minimum Gasteiger partial charge on any atom is -0.482 e. The predicted molar refractivity (Wildman–Crippen MR) is 73.0 cm³/mol. The molecular weight excluding hydrogens is 267 g/mol. The third-order valence-electron chi connectivity index (χ3n) is 3.77. The smallest absolute Gasteiger partial charge is 0.422 e. The van der Waals surface area contributed by atoms with Crippen LogP contribution in [0.25, 0.3) is 0 Å². The van der Waals surface area contributed by atoms with Crippen molar-refractivity contribution < 1.29 is 17.9 Å². The zero-order valence-electron chi connectivity index (χ0n) is 11.5. The zero-order valence-corrected chi connectivity index (χ0v) is 11.5. The highest BCUT2D eigenvalue weighted by Gasteiger charge is 2.29. The van der Waals surface area contributed by atoms with E-state index in [2.05, 4.69) is 12.2 Å². The maximum Gasteiger partial charge on any atom is 0.422 e. The van der Waals surface area contributed by atoms with Crippen molar-refractivity contribution in [1.29, 1.82) is 0 Å². The molecule has 0 aromatic heterocycles. The van der Waals surface area contributed by atoms with Gasteiger partial charge in [0, 0.05) is 6.04 Å². The number of para-hydroxylation sites is 2. The van der Waals surface area contributed by atoms with Crippen LogP contribution in [0.4, 0.5) is 18.9 Å². The van der Waals surface area contributed by atoms with Crippen LogP contribution in [0.5, 0.6) is 5.75 Å². The number of hydrogen-bond donors (Lipinski definition) is 1. The Balaban J connectivity index is 1.99. The van der Waals surface area contributed by atoms with E-state index in [1.165, 1.54) is 25.7 Å². The monoisotopic (exact) mass is 287 g/mol. The predicted octanol–water partition coefficient (Wildman–Crippen LogP) is 4.62. The first-order valence-corrected chi connectivity index (χ1v) is 7.01. The van der Waals surface area contributed by atoms with E-state index < -0.39 is 12.8 Å². The third kappa shape index (κ3) is 4.32. The highest BCUT2D eigenvalue weighted by atomic mass is 19.4. The number of halogens is 3. The molecule has 2 nitrogen and oxygen atoms in total. The molecule has 0 aliphatic heterocycles. The summed E-state index contributed by atoms with van der Waals surface area (Å²) in [5.74, 6) is 0.848. The summed E-state index contributed by atoms with van der Waals surface area (Å²) in [6.07, 6.45) is 0.523. The van der Waals surface area contributed by atoms with E-state index in [-0.39, 0.29) is 11.8 Å². The molecule has 112 valence electrons. The molecule has 0 spiro atoms. The Hall–Kier alpha value is -1.39. The number of ether oxygens (including phenoxy) is 1. The molecule has 20 heavy (non-hydrogen) atoms. The molecule has 1 N–H and O–H groups in total. The quantitative estimate of drug-likeness (QED) is 0.853. The fourth-order valence-electron chi connectivity index (χ4n) is 2.69. The van der Waals surface area contributed by atoms with E-state index in [9.17, 15) is 13.2 Å². The number of rotatable bonds is 5. The topological polar surface area (TPSA) is 21.3 Å². The molecule has 1 unspecified atom stereocenters. The standard InChI is InChI=1S/C15H20F3NO/c1-11(12-6-2-3-7-12)19-13-8-4-5-9-14(13)20-10-15(16,17)18/h4-5,8-9,11-12,19H,2-3,6-7,10H2,1H3. The minimum absolute atomic E-state index is 0.244. The Kier molecular flexibility index (Phi) is 4.78. The summed E-state index contributed by atoms with van der Waals surface area (Å²) in [4.78, 5) is 0. The Morgan fingerprint density at radius 1 is 1.25 bits per heavy atom. The second-order valence-corrected chi connectivity index (χ2v) is 5.38. The van der Waals surface area contributed by atoms with Crippen molar-refractivity contribution >= 4 is 5.69 Å². The van der Waals surface area contributed by atoms with Crippen molar-refractivity contribution in [2.75, 3.05) is 11.9 Å². The molecular formula is C15H20F3NO. The lowest BCUT2D eigenvalue weighted by atomic mass is 9.99. The van der Waals surface area contributed by atoms with Gasteiger partial charge in [0.15, 0.2) is 6.61 Å². The first-order chi connectivity index (χ1) is 9.46. The summed E-state index contributed by atoms with van der Waals surface area (Å²) in [6.45, 7) is 0.819. The van der Waals surface area contributed by atoms with Crippen LogP contribution in [0, 0.1) is 5.92 Å². The molecule has 1 fully saturated rings. The van der Waals surface area contributed by atoms with Crippen LogP contribution < -0.4 is 10.1 Å². The Labute approximate surface area is 117 Å². The second kappa shape index (κ2) is 6.37. The van der Waals surface area contributed by atoms with E-state index in [0.717, 1.165) is 0 Å². The molecule has 0 bridgehead atoms. The van der Waals surface area contributed by atoms with Gasteiger partial charge in [-0.2, -0.15) is 13.2 Å². The molecule has 1 aliphatic rings. The van der Waals surface area contributed by atoms with Crippen molar-refractivity contribution in [3.05, 3.63) is 24.3 Å². The van der Waals surface area contributed by atoms with Gasteiger partial charge in [-0.1, -0.05) is 25.0 Å². The highest BCUT2D eigenvalue weighted by molar-refractivity contribution is 5.56. The molecule has 0 saturated heterocycles. The maximum absolute atomic E-state index is 12.2. The van der Waals surface area contributed by atoms with Gasteiger partial charge < -0.3 is 10.1 Å². The van der Waals surface area contributed by atoms with Gasteiger partial charge in [-0.15, -0.1) is 0 Å². The van der Waals surface area contributed by atoms with Crippen molar-refractivity contribution in [1.82, 2.24) is 0 Å². The fraction of sp³-hybridized carbons (Fsp3) is 0.600. The van der Waals surface area contributed by atoms with Gasteiger partial charge in [0.1, 0.15) is 5.75 Å². The van der Waals surface area contributed by atoms with Gasteiger partial charge in [-0.25, -0.2) is 0 Å². The Morgan fingerprint density at radius 3 is 2.55 bits per heavy atom. The van der Waals surface area contributed by atoms with Crippen molar-refractivity contribution in [3.63, 3.8) is 0 Å². The number of hydrogen-bond acceptors (Lipinski definition) is 2. The van der Waals surface area contributed by atoms with E-state index >= 15 is 0 Å². The summed E-state index contributed by atoms with van der Waals surface area (Å²) in [5.41, 5.74) is 0.635. The highest BCUT2D eigenvalue weighted by Crippen LogP contribution is 2.32. The summed E-state index contributed by atoms with van der Waals surface area (Å²) >= 11 is 0. The van der Waals surface area contributed by atoms with Gasteiger partial charge >= 0.3 is 6.18 Å². The normalized spacial score (nSPS) is 18.0. The molecule has 1 saturated carbocycles. The lowest BCUT2D eigenvalue weighted by Crippen LogP contribution is -2.25. The number of benzene rings is 1. The molecule has 0 radical (unpaired) electrons. The average Bonchev–Trinajstić information content (AvgIpc) is 2.90. The van der Waals surface area contributed by atoms with Gasteiger partial charge in [0.05, 0.1) is 5.69 Å². The molecule has 0 amide bonds. The van der Waals surface area contributed by atoms with Crippen LogP contribution in [0.15, 0.2) is 24.3 Å². The lowest BCUT2D eigenvalue weighted by Gasteiger charge is -2.23. The van der Waals surface area contributed by atoms with Crippen LogP contribution in [0.3, 0.4) is 0 Å². The first-order valence-electron chi connectivity index (χ1n) is 7.01. The molecule has 2 rings (SSSR count). The second-order valence-electron chi connectivity index (χ2n) is 5.38. The molecule has 1 aromatic carbocycles. The molecule has 5 heteroatoms. The van der Waals surface area contributed by atoms with Crippen molar-refractivity contribution in [3.8, 4) is 5.75 Å². The van der Waals surface area contributed by atoms with E-state index in [4.69, 9.17) is 4.74 Å². The van der Waals surface area contributed by atoms with E-state index in [1.807, 2.05) is 0 Å². The van der Waals surface area contributed by atoms with Crippen LogP contribution in [-0.2, 0) is 0 Å². The summed E-state index contributed by atoms with van der Waals surface area (Å²) in [7, 11) is 0. The zero-order chi connectivity index (χ0) is 14.6. The fourth-order valence-corrected chi connectivity index (χ4v) is 2.69. The first kappa shape index (κ1) is 15.0. The maximum atomic E-state index is 12.2. The Morgan fingerprint density at radius 2 is 1.90 bits per heavy atom. The van der Waals surface area contributed by atoms with E-state index in [0.29, 0.717) is 11.6 Å². The minimum atomic E-state index is -4.32. The number of anilines is 1. The van der Waals surface area contributed by atoms with Crippen LogP contribution >= 0.6 is 0 Å². The lowest BCUT2D eigenvalue weighted by molar-refractivity contribution is -0.153. The van der Waals surface area contributed by atoms with Crippen molar-refractivity contribution in [2.45, 2.75) is 44.8 Å². The number of nitrogens with one attached hydrogen (secondary N) is 1. The number of alkyl halides is 3. The van der Waals surface area contributed by atoms with Gasteiger partial charge in [-0.05, 0) is 37.8 Å². The summed E-state index contributed by atoms with van der Waals surface area (Å²) in [6, 6.07) is 7.04. The third-order valence-corrected chi connectivity index (χ3v) is 3.77. The molecule has 1 aromatic rings. The SMILES string of the molecule is CC(Nc1ccccc1OCC(F)(F)F)C1CCCC1. The molecule has 1 aliphatic carbocycles. The summed E-state index contributed by atoms with van der Waals surface area (Å²) < 4.78 is 41.6. The van der Waals surface area contributed by atoms with Crippen LogP contribution in [0.2, 0.25) is 0 Å². The van der Waals surface area contributed by atoms with Crippen LogP contribution in [-0.4, -0.2) is 18.8 Å². The van der Waals surface area contributed by atoms with Crippen LogP contribution in [0.1, 0.15) is 32.6 Å². The van der Waals surface area contributed by atoms with E-state index in [1.54, 1.807) is 24.3 Å². The Bertz CT molecular complexity index is 427. The van der Waals surface area contributed by atoms with Crippen molar-refractivity contribution in [2.24, 2.45) is 5.92 Å². The molecule has 0 heterocycles. The summed E-state index contributed by atoms with van der Waals surface area (Å²) in [5, 5.41) is 3.30. The van der Waals surface area contributed by atoms with Gasteiger partial charge in [-0.3, -0.25) is 0 Å². The largest absolute Gasteiger partial charge is 0.482 e. The average molecular weight is 287 g/mol. The molecule has 1 atom stereocenters. The van der Waals surface area contributed by atoms with Gasteiger partial charge in [0.25, 0.3) is 0 Å². The van der Waals surface area contributed by atoms with Gasteiger partial charge in [0.2, 0.25) is 0 Å².